The summed E-state index contributed by atoms with van der Waals surface area (Å²) >= 11 is 6.24. The first kappa shape index (κ1) is 20.0. The number of carbonyl (C=O) groups is 1. The molecule has 0 aliphatic rings. The van der Waals surface area contributed by atoms with Crippen LogP contribution in [0.3, 0.4) is 0 Å². The highest BCUT2D eigenvalue weighted by Crippen LogP contribution is 2.32. The van der Waals surface area contributed by atoms with E-state index in [4.69, 9.17) is 21.1 Å². The molecule has 1 aromatic heterocycles. The first-order valence-corrected chi connectivity index (χ1v) is 9.56. The molecule has 3 aromatic rings. The molecule has 1 atom stereocenters. The molecule has 6 heteroatoms. The summed E-state index contributed by atoms with van der Waals surface area (Å²) in [6.45, 7) is 6.43. The lowest BCUT2D eigenvalue weighted by Gasteiger charge is -2.19. The van der Waals surface area contributed by atoms with Gasteiger partial charge in [-0.05, 0) is 50.6 Å². The first-order valence-electron chi connectivity index (χ1n) is 9.19. The van der Waals surface area contributed by atoms with Crippen molar-refractivity contribution in [1.82, 2.24) is 9.78 Å². The van der Waals surface area contributed by atoms with Crippen LogP contribution in [0.5, 0.6) is 5.75 Å². The van der Waals surface area contributed by atoms with E-state index < -0.39 is 5.97 Å². The number of halogens is 1. The second-order valence-electron chi connectivity index (χ2n) is 6.47. The molecule has 0 saturated carbocycles. The zero-order valence-corrected chi connectivity index (χ0v) is 16.9. The molecule has 146 valence electrons. The van der Waals surface area contributed by atoms with Gasteiger partial charge in [0.15, 0.2) is 5.69 Å². The number of rotatable bonds is 7. The number of aryl methyl sites for hydroxylation is 1. The molecule has 1 unspecified atom stereocenters. The Bertz CT molecular complexity index is 954. The standard InChI is InChI=1S/C22H23ClN2O3/c1-4-27-22(26)20-12-15(2)25(24-20)16(3)19-13-18(23)10-11-21(19)28-14-17-8-6-5-7-9-17/h5-13,16H,4,14H2,1-3H3. The molecule has 0 spiro atoms. The van der Waals surface area contributed by atoms with E-state index in [9.17, 15) is 4.79 Å². The fourth-order valence-corrected chi connectivity index (χ4v) is 3.21. The molecule has 2 aromatic carbocycles. The van der Waals surface area contributed by atoms with E-state index in [-0.39, 0.29) is 6.04 Å². The van der Waals surface area contributed by atoms with E-state index in [1.165, 1.54) is 0 Å². The molecule has 0 aliphatic heterocycles. The molecule has 5 nitrogen and oxygen atoms in total. The number of ether oxygens (including phenoxy) is 2. The fourth-order valence-electron chi connectivity index (χ4n) is 3.03. The summed E-state index contributed by atoms with van der Waals surface area (Å²) in [4.78, 5) is 12.0. The molecule has 0 aliphatic carbocycles. The van der Waals surface area contributed by atoms with Gasteiger partial charge in [-0.25, -0.2) is 4.79 Å². The molecule has 28 heavy (non-hydrogen) atoms. The van der Waals surface area contributed by atoms with Gasteiger partial charge in [-0.3, -0.25) is 4.68 Å². The smallest absolute Gasteiger partial charge is 0.358 e. The summed E-state index contributed by atoms with van der Waals surface area (Å²) < 4.78 is 12.9. The largest absolute Gasteiger partial charge is 0.489 e. The Kier molecular flexibility index (Phi) is 6.37. The lowest BCUT2D eigenvalue weighted by Crippen LogP contribution is -2.13. The van der Waals surface area contributed by atoms with Gasteiger partial charge < -0.3 is 9.47 Å². The van der Waals surface area contributed by atoms with Crippen molar-refractivity contribution in [3.8, 4) is 5.75 Å². The van der Waals surface area contributed by atoms with E-state index in [0.29, 0.717) is 23.9 Å². The SMILES string of the molecule is CCOC(=O)c1cc(C)n(C(C)c2cc(Cl)ccc2OCc2ccccc2)n1. The lowest BCUT2D eigenvalue weighted by molar-refractivity contribution is 0.0518. The zero-order valence-electron chi connectivity index (χ0n) is 16.2. The average Bonchev–Trinajstić information content (AvgIpc) is 3.09. The van der Waals surface area contributed by atoms with Crippen molar-refractivity contribution in [3.05, 3.63) is 82.1 Å². The predicted molar refractivity (Wildman–Crippen MR) is 109 cm³/mol. The van der Waals surface area contributed by atoms with Crippen LogP contribution in [0, 0.1) is 6.92 Å². The van der Waals surface area contributed by atoms with Gasteiger partial charge in [0.05, 0.1) is 12.6 Å². The van der Waals surface area contributed by atoms with Crippen molar-refractivity contribution in [2.45, 2.75) is 33.4 Å². The Morgan fingerprint density at radius 1 is 1.18 bits per heavy atom. The molecule has 0 amide bonds. The van der Waals surface area contributed by atoms with Crippen LogP contribution in [0.4, 0.5) is 0 Å². The van der Waals surface area contributed by atoms with Crippen LogP contribution < -0.4 is 4.74 Å². The monoisotopic (exact) mass is 398 g/mol. The van der Waals surface area contributed by atoms with Crippen molar-refractivity contribution in [2.75, 3.05) is 6.61 Å². The quantitative estimate of drug-likeness (QED) is 0.512. The van der Waals surface area contributed by atoms with E-state index in [0.717, 1.165) is 22.6 Å². The second-order valence-corrected chi connectivity index (χ2v) is 6.90. The van der Waals surface area contributed by atoms with Crippen LogP contribution in [0.15, 0.2) is 54.6 Å². The average molecular weight is 399 g/mol. The van der Waals surface area contributed by atoms with Gasteiger partial charge >= 0.3 is 5.97 Å². The maximum atomic E-state index is 12.0. The molecular formula is C22H23ClN2O3. The molecule has 0 fully saturated rings. The minimum atomic E-state index is -0.428. The van der Waals surface area contributed by atoms with Gasteiger partial charge in [0.2, 0.25) is 0 Å². The van der Waals surface area contributed by atoms with Gasteiger partial charge in [0, 0.05) is 16.3 Å². The highest BCUT2D eigenvalue weighted by Gasteiger charge is 2.20. The third-order valence-electron chi connectivity index (χ3n) is 4.43. The highest BCUT2D eigenvalue weighted by atomic mass is 35.5. The van der Waals surface area contributed by atoms with Crippen molar-refractivity contribution < 1.29 is 14.3 Å². The number of hydrogen-bond donors (Lipinski definition) is 0. The zero-order chi connectivity index (χ0) is 20.1. The minimum absolute atomic E-state index is 0.173. The molecule has 0 N–H and O–H groups in total. The van der Waals surface area contributed by atoms with Gasteiger partial charge in [0.25, 0.3) is 0 Å². The van der Waals surface area contributed by atoms with Crippen molar-refractivity contribution >= 4 is 17.6 Å². The predicted octanol–water partition coefficient (Wildman–Crippen LogP) is 5.21. The third kappa shape index (κ3) is 4.54. The molecule has 3 rings (SSSR count). The van der Waals surface area contributed by atoms with Crippen molar-refractivity contribution in [1.29, 1.82) is 0 Å². The van der Waals surface area contributed by atoms with Gasteiger partial charge in [-0.15, -0.1) is 0 Å². The first-order chi connectivity index (χ1) is 13.5. The lowest BCUT2D eigenvalue weighted by atomic mass is 10.1. The van der Waals surface area contributed by atoms with Gasteiger partial charge in [-0.2, -0.15) is 5.10 Å². The Hall–Kier alpha value is -2.79. The van der Waals surface area contributed by atoms with Crippen molar-refractivity contribution in [2.24, 2.45) is 0 Å². The van der Waals surface area contributed by atoms with Crippen molar-refractivity contribution in [3.63, 3.8) is 0 Å². The Balaban J connectivity index is 1.88. The van der Waals surface area contributed by atoms with E-state index in [1.807, 2.05) is 56.3 Å². The highest BCUT2D eigenvalue weighted by molar-refractivity contribution is 6.30. The van der Waals surface area contributed by atoms with Crippen LogP contribution in [0.25, 0.3) is 0 Å². The Morgan fingerprint density at radius 2 is 1.93 bits per heavy atom. The second kappa shape index (κ2) is 8.93. The summed E-state index contributed by atoms with van der Waals surface area (Å²) in [7, 11) is 0. The normalized spacial score (nSPS) is 11.9. The van der Waals surface area contributed by atoms with Gasteiger partial charge in [0.1, 0.15) is 12.4 Å². The van der Waals surface area contributed by atoms with E-state index in [2.05, 4.69) is 5.10 Å². The molecule has 1 heterocycles. The van der Waals surface area contributed by atoms with Crippen LogP contribution >= 0.6 is 11.6 Å². The summed E-state index contributed by atoms with van der Waals surface area (Å²) in [5.74, 6) is 0.302. The minimum Gasteiger partial charge on any atom is -0.489 e. The van der Waals surface area contributed by atoms with Crippen LogP contribution in [-0.4, -0.2) is 22.4 Å². The number of esters is 1. The number of nitrogens with zero attached hydrogens (tertiary/aromatic N) is 2. The maximum Gasteiger partial charge on any atom is 0.358 e. The molecular weight excluding hydrogens is 376 g/mol. The summed E-state index contributed by atoms with van der Waals surface area (Å²) in [6, 6.07) is 17.1. The molecule has 0 bridgehead atoms. The number of hydrogen-bond acceptors (Lipinski definition) is 4. The summed E-state index contributed by atoms with van der Waals surface area (Å²) in [6.07, 6.45) is 0. The Labute approximate surface area is 169 Å². The van der Waals surface area contributed by atoms with Gasteiger partial charge in [-0.1, -0.05) is 41.9 Å². The Morgan fingerprint density at radius 3 is 2.64 bits per heavy atom. The van der Waals surface area contributed by atoms with Crippen LogP contribution in [0.1, 0.15) is 47.2 Å². The number of benzene rings is 2. The van der Waals surface area contributed by atoms with Crippen LogP contribution in [-0.2, 0) is 11.3 Å². The molecule has 0 saturated heterocycles. The maximum absolute atomic E-state index is 12.0. The topological polar surface area (TPSA) is 53.4 Å². The summed E-state index contributed by atoms with van der Waals surface area (Å²) in [5, 5.41) is 5.05. The number of aromatic nitrogens is 2. The molecule has 0 radical (unpaired) electrons. The summed E-state index contributed by atoms with van der Waals surface area (Å²) in [5.41, 5.74) is 3.12. The number of carbonyl (C=O) groups excluding carboxylic acids is 1. The van der Waals surface area contributed by atoms with Crippen LogP contribution in [0.2, 0.25) is 5.02 Å². The third-order valence-corrected chi connectivity index (χ3v) is 4.67. The van der Waals surface area contributed by atoms with E-state index in [1.54, 1.807) is 23.7 Å². The fraction of sp³-hybridized carbons (Fsp3) is 0.273. The van der Waals surface area contributed by atoms with E-state index >= 15 is 0 Å².